The maximum absolute atomic E-state index is 12.6. The SMILES string of the molecule is CCc1ccccc1NC(=O)COC(=O)c1ccccc1Nc1cccc(C)c1C. The number of esters is 1. The molecule has 154 valence electrons. The van der Waals surface area contributed by atoms with Crippen molar-refractivity contribution >= 4 is 28.9 Å². The van der Waals surface area contributed by atoms with E-state index in [1.807, 2.05) is 75.4 Å². The molecule has 3 aromatic rings. The van der Waals surface area contributed by atoms with E-state index in [0.717, 1.165) is 34.5 Å². The standard InChI is InChI=1S/C25H26N2O3/c1-4-19-11-5-7-13-22(19)27-24(28)16-30-25(29)20-12-6-8-14-23(20)26-21-15-9-10-17(2)18(21)3/h5-15,26H,4,16H2,1-3H3,(H,27,28). The zero-order valence-electron chi connectivity index (χ0n) is 17.5. The van der Waals surface area contributed by atoms with Crippen LogP contribution in [0, 0.1) is 13.8 Å². The van der Waals surface area contributed by atoms with Crippen molar-refractivity contribution in [2.24, 2.45) is 0 Å². The lowest BCUT2D eigenvalue weighted by Gasteiger charge is -2.15. The average Bonchev–Trinajstić information content (AvgIpc) is 2.76. The molecule has 0 atom stereocenters. The number of ether oxygens (including phenoxy) is 1. The van der Waals surface area contributed by atoms with Gasteiger partial charge in [0.15, 0.2) is 6.61 Å². The van der Waals surface area contributed by atoms with Gasteiger partial charge in [0.1, 0.15) is 0 Å². The molecule has 0 saturated carbocycles. The first-order valence-corrected chi connectivity index (χ1v) is 9.96. The molecule has 0 unspecified atom stereocenters. The summed E-state index contributed by atoms with van der Waals surface area (Å²) in [4.78, 5) is 24.9. The van der Waals surface area contributed by atoms with E-state index in [9.17, 15) is 9.59 Å². The topological polar surface area (TPSA) is 67.4 Å². The third-order valence-corrected chi connectivity index (χ3v) is 5.03. The molecule has 0 aromatic heterocycles. The van der Waals surface area contributed by atoms with Crippen molar-refractivity contribution in [2.75, 3.05) is 17.2 Å². The Bertz CT molecular complexity index is 1060. The first-order valence-electron chi connectivity index (χ1n) is 9.96. The van der Waals surface area contributed by atoms with E-state index in [1.54, 1.807) is 12.1 Å². The fourth-order valence-electron chi connectivity index (χ4n) is 3.15. The second kappa shape index (κ2) is 9.74. The van der Waals surface area contributed by atoms with E-state index in [0.29, 0.717) is 11.3 Å². The van der Waals surface area contributed by atoms with Crippen molar-refractivity contribution in [3.63, 3.8) is 0 Å². The van der Waals surface area contributed by atoms with Gasteiger partial charge in [-0.15, -0.1) is 0 Å². The van der Waals surface area contributed by atoms with E-state index < -0.39 is 5.97 Å². The summed E-state index contributed by atoms with van der Waals surface area (Å²) < 4.78 is 5.28. The Balaban J connectivity index is 1.67. The molecular formula is C25H26N2O3. The van der Waals surface area contributed by atoms with Crippen molar-refractivity contribution in [1.82, 2.24) is 0 Å². The van der Waals surface area contributed by atoms with Crippen molar-refractivity contribution in [3.05, 3.63) is 89.0 Å². The Morgan fingerprint density at radius 1 is 0.833 bits per heavy atom. The number of anilines is 3. The first-order chi connectivity index (χ1) is 14.5. The number of hydrogen-bond acceptors (Lipinski definition) is 4. The highest BCUT2D eigenvalue weighted by Crippen LogP contribution is 2.25. The van der Waals surface area contributed by atoms with Crippen LogP contribution in [0.3, 0.4) is 0 Å². The minimum absolute atomic E-state index is 0.352. The third kappa shape index (κ3) is 5.06. The van der Waals surface area contributed by atoms with E-state index in [4.69, 9.17) is 4.74 Å². The molecule has 0 fully saturated rings. The van der Waals surface area contributed by atoms with Gasteiger partial charge in [0, 0.05) is 11.4 Å². The van der Waals surface area contributed by atoms with Gasteiger partial charge in [-0.25, -0.2) is 4.79 Å². The van der Waals surface area contributed by atoms with Crippen LogP contribution in [0.1, 0.15) is 34.0 Å². The fourth-order valence-corrected chi connectivity index (χ4v) is 3.15. The Hall–Kier alpha value is -3.60. The molecule has 0 aliphatic heterocycles. The predicted octanol–water partition coefficient (Wildman–Crippen LogP) is 5.40. The Morgan fingerprint density at radius 3 is 2.27 bits per heavy atom. The summed E-state index contributed by atoms with van der Waals surface area (Å²) >= 11 is 0. The van der Waals surface area contributed by atoms with Gasteiger partial charge in [-0.3, -0.25) is 4.79 Å². The quantitative estimate of drug-likeness (QED) is 0.519. The second-order valence-corrected chi connectivity index (χ2v) is 7.05. The van der Waals surface area contributed by atoms with E-state index in [1.165, 1.54) is 0 Å². The molecule has 3 rings (SSSR count). The molecule has 0 heterocycles. The van der Waals surface area contributed by atoms with Crippen molar-refractivity contribution < 1.29 is 14.3 Å². The van der Waals surface area contributed by atoms with Crippen LogP contribution in [0.5, 0.6) is 0 Å². The number of nitrogens with one attached hydrogen (secondary N) is 2. The Morgan fingerprint density at radius 2 is 1.50 bits per heavy atom. The van der Waals surface area contributed by atoms with Crippen molar-refractivity contribution in [1.29, 1.82) is 0 Å². The van der Waals surface area contributed by atoms with Crippen LogP contribution in [0.15, 0.2) is 66.7 Å². The molecule has 5 heteroatoms. The lowest BCUT2D eigenvalue weighted by Crippen LogP contribution is -2.21. The van der Waals surface area contributed by atoms with Gasteiger partial charge in [-0.05, 0) is 61.2 Å². The summed E-state index contributed by atoms with van der Waals surface area (Å²) in [6, 6.07) is 20.6. The first kappa shape index (κ1) is 21.1. The van der Waals surface area contributed by atoms with Gasteiger partial charge >= 0.3 is 5.97 Å². The molecule has 5 nitrogen and oxygen atoms in total. The van der Waals surface area contributed by atoms with Gasteiger partial charge in [-0.2, -0.15) is 0 Å². The molecule has 0 spiro atoms. The minimum atomic E-state index is -0.553. The summed E-state index contributed by atoms with van der Waals surface area (Å²) in [6.07, 6.45) is 0.799. The average molecular weight is 402 g/mol. The second-order valence-electron chi connectivity index (χ2n) is 7.05. The summed E-state index contributed by atoms with van der Waals surface area (Å²) in [5.41, 5.74) is 5.95. The number of carbonyl (C=O) groups is 2. The molecule has 0 bridgehead atoms. The number of para-hydroxylation sites is 2. The van der Waals surface area contributed by atoms with E-state index >= 15 is 0 Å². The monoisotopic (exact) mass is 402 g/mol. The fraction of sp³-hybridized carbons (Fsp3) is 0.200. The molecule has 0 aliphatic rings. The van der Waals surface area contributed by atoms with E-state index in [-0.39, 0.29) is 12.5 Å². The van der Waals surface area contributed by atoms with Crippen LogP contribution in [-0.4, -0.2) is 18.5 Å². The molecule has 30 heavy (non-hydrogen) atoms. The molecule has 3 aromatic carbocycles. The van der Waals surface area contributed by atoms with Gasteiger partial charge in [-0.1, -0.05) is 49.4 Å². The highest BCUT2D eigenvalue weighted by atomic mass is 16.5. The van der Waals surface area contributed by atoms with Crippen LogP contribution in [0.2, 0.25) is 0 Å². The number of aryl methyl sites for hydroxylation is 2. The van der Waals surface area contributed by atoms with Gasteiger partial charge in [0.25, 0.3) is 5.91 Å². The molecule has 0 aliphatic carbocycles. The summed E-state index contributed by atoms with van der Waals surface area (Å²) in [5.74, 6) is -0.924. The number of rotatable bonds is 7. The molecule has 2 N–H and O–H groups in total. The predicted molar refractivity (Wildman–Crippen MR) is 120 cm³/mol. The zero-order chi connectivity index (χ0) is 21.5. The Kier molecular flexibility index (Phi) is 6.86. The van der Waals surface area contributed by atoms with Crippen LogP contribution in [-0.2, 0) is 16.0 Å². The summed E-state index contributed by atoms with van der Waals surface area (Å²) in [7, 11) is 0. The smallest absolute Gasteiger partial charge is 0.340 e. The summed E-state index contributed by atoms with van der Waals surface area (Å²) in [6.45, 7) is 5.73. The van der Waals surface area contributed by atoms with Crippen LogP contribution < -0.4 is 10.6 Å². The maximum Gasteiger partial charge on any atom is 0.340 e. The number of carbonyl (C=O) groups excluding carboxylic acids is 2. The highest BCUT2D eigenvalue weighted by Gasteiger charge is 2.15. The largest absolute Gasteiger partial charge is 0.452 e. The number of amides is 1. The molecular weight excluding hydrogens is 376 g/mol. The van der Waals surface area contributed by atoms with Gasteiger partial charge in [0.2, 0.25) is 0 Å². The van der Waals surface area contributed by atoms with Gasteiger partial charge < -0.3 is 15.4 Å². The van der Waals surface area contributed by atoms with E-state index in [2.05, 4.69) is 10.6 Å². The summed E-state index contributed by atoms with van der Waals surface area (Å²) in [5, 5.41) is 6.11. The highest BCUT2D eigenvalue weighted by molar-refractivity contribution is 5.99. The molecule has 0 saturated heterocycles. The van der Waals surface area contributed by atoms with Crippen LogP contribution in [0.25, 0.3) is 0 Å². The minimum Gasteiger partial charge on any atom is -0.452 e. The normalized spacial score (nSPS) is 10.4. The molecule has 0 radical (unpaired) electrons. The lowest BCUT2D eigenvalue weighted by atomic mass is 10.1. The lowest BCUT2D eigenvalue weighted by molar-refractivity contribution is -0.119. The van der Waals surface area contributed by atoms with Crippen LogP contribution in [0.4, 0.5) is 17.1 Å². The molecule has 1 amide bonds. The zero-order valence-corrected chi connectivity index (χ0v) is 17.5. The van der Waals surface area contributed by atoms with Crippen molar-refractivity contribution in [3.8, 4) is 0 Å². The Labute approximate surface area is 177 Å². The van der Waals surface area contributed by atoms with Gasteiger partial charge in [0.05, 0.1) is 11.3 Å². The van der Waals surface area contributed by atoms with Crippen molar-refractivity contribution in [2.45, 2.75) is 27.2 Å². The number of benzene rings is 3. The third-order valence-electron chi connectivity index (χ3n) is 5.03. The van der Waals surface area contributed by atoms with Crippen LogP contribution >= 0.6 is 0 Å². The number of hydrogen-bond donors (Lipinski definition) is 2. The maximum atomic E-state index is 12.6.